The first-order valence-electron chi connectivity index (χ1n) is 14.8. The van der Waals surface area contributed by atoms with Crippen LogP contribution in [0.3, 0.4) is 0 Å². The summed E-state index contributed by atoms with van der Waals surface area (Å²) < 4.78 is 16.4. The maximum atomic E-state index is 13.6. The molecule has 0 unspecified atom stereocenters. The van der Waals surface area contributed by atoms with Gasteiger partial charge in [0.2, 0.25) is 0 Å². The van der Waals surface area contributed by atoms with Crippen molar-refractivity contribution in [3.8, 4) is 16.9 Å². The molecule has 1 aliphatic carbocycles. The van der Waals surface area contributed by atoms with Crippen molar-refractivity contribution in [3.63, 3.8) is 0 Å². The molecular formula is C38H29NO8. The quantitative estimate of drug-likeness (QED) is 0.115. The lowest BCUT2D eigenvalue weighted by Gasteiger charge is -2.16. The van der Waals surface area contributed by atoms with E-state index in [0.717, 1.165) is 28.7 Å². The van der Waals surface area contributed by atoms with E-state index >= 15 is 0 Å². The molecule has 1 aliphatic rings. The number of carboxylic acids is 1. The highest BCUT2D eigenvalue weighted by Crippen LogP contribution is 2.38. The van der Waals surface area contributed by atoms with Gasteiger partial charge in [0.1, 0.15) is 19.0 Å². The number of esters is 1. The second-order valence-electron chi connectivity index (χ2n) is 10.8. The van der Waals surface area contributed by atoms with Crippen molar-refractivity contribution in [1.82, 2.24) is 0 Å². The molecule has 2 N–H and O–H groups in total. The van der Waals surface area contributed by atoms with E-state index in [1.165, 1.54) is 23.8 Å². The number of amides is 1. The van der Waals surface area contributed by atoms with Gasteiger partial charge in [0.25, 0.3) is 0 Å². The smallest absolute Gasteiger partial charge is 0.411 e. The van der Waals surface area contributed by atoms with Crippen LogP contribution in [0.15, 0.2) is 115 Å². The molecule has 0 fully saturated rings. The molecule has 0 radical (unpaired) electrons. The van der Waals surface area contributed by atoms with E-state index in [1.807, 2.05) is 30.3 Å². The summed E-state index contributed by atoms with van der Waals surface area (Å²) in [6.07, 6.45) is -0.116. The minimum Gasteiger partial charge on any atom is -0.482 e. The molecule has 0 saturated carbocycles. The zero-order chi connectivity index (χ0) is 32.8. The summed E-state index contributed by atoms with van der Waals surface area (Å²) in [5.41, 5.74) is 6.32. The minimum absolute atomic E-state index is 0.0160. The third-order valence-electron chi connectivity index (χ3n) is 7.73. The van der Waals surface area contributed by atoms with Gasteiger partial charge in [0.15, 0.2) is 12.4 Å². The Labute approximate surface area is 270 Å². The van der Waals surface area contributed by atoms with E-state index in [1.54, 1.807) is 54.6 Å². The zero-order valence-electron chi connectivity index (χ0n) is 25.1. The topological polar surface area (TPSA) is 128 Å². The normalized spacial score (nSPS) is 11.1. The Balaban J connectivity index is 1.22. The number of carboxylic acid groups (broad SMARTS) is 1. The van der Waals surface area contributed by atoms with E-state index < -0.39 is 30.4 Å². The zero-order valence-corrected chi connectivity index (χ0v) is 25.1. The molecule has 0 aliphatic heterocycles. The van der Waals surface area contributed by atoms with Crippen LogP contribution in [0.4, 0.5) is 10.5 Å². The SMILES string of the molecule is O=C(O)COc1cccc(COC(=O)c2cccc(C(=O)c3ccccc3)c2NC(=O)OCc2cccc3c2Cc2ccccc2-3)c1. The Bertz CT molecular complexity index is 1990. The standard InChI is InChI=1S/C38H29NO8/c40-34(41)23-45-28-14-6-9-24(19-28)21-46-37(43)32-18-8-17-31(36(42)25-10-2-1-3-11-25)35(32)39-38(44)47-22-27-13-7-16-30-29-15-5-4-12-26(29)20-33(27)30/h1-19H,20-23H2,(H,39,44)(H,40,41). The van der Waals surface area contributed by atoms with Gasteiger partial charge in [-0.1, -0.05) is 91.0 Å². The van der Waals surface area contributed by atoms with Crippen LogP contribution in [0.25, 0.3) is 11.1 Å². The van der Waals surface area contributed by atoms with Crippen LogP contribution in [0.2, 0.25) is 0 Å². The number of aliphatic carboxylic acids is 1. The monoisotopic (exact) mass is 627 g/mol. The maximum Gasteiger partial charge on any atom is 0.411 e. The van der Waals surface area contributed by atoms with Crippen molar-refractivity contribution in [2.24, 2.45) is 0 Å². The van der Waals surface area contributed by atoms with E-state index in [0.29, 0.717) is 16.9 Å². The minimum atomic E-state index is -1.12. The van der Waals surface area contributed by atoms with Crippen molar-refractivity contribution in [2.45, 2.75) is 19.6 Å². The highest BCUT2D eigenvalue weighted by atomic mass is 16.5. The number of ketones is 1. The average Bonchev–Trinajstić information content (AvgIpc) is 3.48. The summed E-state index contributed by atoms with van der Waals surface area (Å²) in [5.74, 6) is -2.02. The van der Waals surface area contributed by atoms with Gasteiger partial charge in [-0.15, -0.1) is 0 Å². The summed E-state index contributed by atoms with van der Waals surface area (Å²) in [4.78, 5) is 51.1. The molecule has 5 aromatic rings. The molecule has 0 spiro atoms. The van der Waals surface area contributed by atoms with Gasteiger partial charge in [0, 0.05) is 11.1 Å². The number of rotatable bonds is 11. The molecule has 0 heterocycles. The molecule has 0 saturated heterocycles. The van der Waals surface area contributed by atoms with E-state index in [2.05, 4.69) is 17.4 Å². The van der Waals surface area contributed by atoms with Crippen LogP contribution >= 0.6 is 0 Å². The number of anilines is 1. The fraction of sp³-hybridized carbons (Fsp3) is 0.105. The van der Waals surface area contributed by atoms with Crippen LogP contribution in [0, 0.1) is 0 Å². The van der Waals surface area contributed by atoms with Crippen molar-refractivity contribution in [3.05, 3.63) is 154 Å². The maximum absolute atomic E-state index is 13.6. The van der Waals surface area contributed by atoms with Crippen LogP contribution in [0.1, 0.15) is 48.5 Å². The third-order valence-corrected chi connectivity index (χ3v) is 7.73. The lowest BCUT2D eigenvalue weighted by molar-refractivity contribution is -0.139. The average molecular weight is 628 g/mol. The Morgan fingerprint density at radius 2 is 1.43 bits per heavy atom. The number of carbonyl (C=O) groups excluding carboxylic acids is 3. The van der Waals surface area contributed by atoms with Crippen LogP contribution in [-0.2, 0) is 33.9 Å². The summed E-state index contributed by atoms with van der Waals surface area (Å²) in [6, 6.07) is 33.5. The number of fused-ring (bicyclic) bond motifs is 3. The van der Waals surface area contributed by atoms with E-state index in [9.17, 15) is 19.2 Å². The van der Waals surface area contributed by atoms with Crippen molar-refractivity contribution < 1.29 is 38.5 Å². The lowest BCUT2D eigenvalue weighted by Crippen LogP contribution is -2.20. The molecule has 0 aromatic heterocycles. The van der Waals surface area contributed by atoms with Gasteiger partial charge in [-0.3, -0.25) is 10.1 Å². The number of benzene rings is 5. The molecular weight excluding hydrogens is 598 g/mol. The van der Waals surface area contributed by atoms with Gasteiger partial charge in [-0.2, -0.15) is 0 Å². The lowest BCUT2D eigenvalue weighted by atomic mass is 9.98. The number of hydrogen-bond acceptors (Lipinski definition) is 7. The van der Waals surface area contributed by atoms with Crippen molar-refractivity contribution in [2.75, 3.05) is 11.9 Å². The van der Waals surface area contributed by atoms with E-state index in [4.69, 9.17) is 19.3 Å². The summed E-state index contributed by atoms with van der Waals surface area (Å²) in [6.45, 7) is -0.708. The molecule has 6 rings (SSSR count). The first-order valence-corrected chi connectivity index (χ1v) is 14.8. The van der Waals surface area contributed by atoms with Crippen LogP contribution in [0.5, 0.6) is 5.75 Å². The van der Waals surface area contributed by atoms with Gasteiger partial charge in [0.05, 0.1) is 11.3 Å². The van der Waals surface area contributed by atoms with Gasteiger partial charge < -0.3 is 19.3 Å². The summed E-state index contributed by atoms with van der Waals surface area (Å²) in [7, 11) is 0. The predicted molar refractivity (Wildman–Crippen MR) is 174 cm³/mol. The number of ether oxygens (including phenoxy) is 3. The van der Waals surface area contributed by atoms with Gasteiger partial charge >= 0.3 is 18.0 Å². The van der Waals surface area contributed by atoms with Gasteiger partial charge in [-0.05, 0) is 64.1 Å². The highest BCUT2D eigenvalue weighted by molar-refractivity contribution is 6.16. The fourth-order valence-electron chi connectivity index (χ4n) is 5.53. The number of para-hydroxylation sites is 1. The molecule has 5 aromatic carbocycles. The Hall–Kier alpha value is -6.22. The fourth-order valence-corrected chi connectivity index (χ4v) is 5.53. The molecule has 0 bridgehead atoms. The third kappa shape index (κ3) is 7.04. The Morgan fingerprint density at radius 3 is 2.26 bits per heavy atom. The predicted octanol–water partition coefficient (Wildman–Crippen LogP) is 7.06. The molecule has 1 amide bonds. The molecule has 47 heavy (non-hydrogen) atoms. The van der Waals surface area contributed by atoms with Crippen molar-refractivity contribution in [1.29, 1.82) is 0 Å². The second kappa shape index (κ2) is 13.8. The van der Waals surface area contributed by atoms with Crippen molar-refractivity contribution >= 4 is 29.5 Å². The second-order valence-corrected chi connectivity index (χ2v) is 10.8. The Kier molecular flexibility index (Phi) is 9.06. The number of nitrogens with one attached hydrogen (secondary N) is 1. The molecule has 0 atom stereocenters. The van der Waals surface area contributed by atoms with E-state index in [-0.39, 0.29) is 30.0 Å². The first kappa shape index (κ1) is 30.8. The molecule has 234 valence electrons. The van der Waals surface area contributed by atoms with Crippen LogP contribution < -0.4 is 10.1 Å². The largest absolute Gasteiger partial charge is 0.482 e. The number of carbonyl (C=O) groups is 4. The Morgan fingerprint density at radius 1 is 0.702 bits per heavy atom. The number of hydrogen-bond donors (Lipinski definition) is 2. The highest BCUT2D eigenvalue weighted by Gasteiger charge is 2.25. The summed E-state index contributed by atoms with van der Waals surface area (Å²) >= 11 is 0. The molecule has 9 heteroatoms. The van der Waals surface area contributed by atoms with Crippen LogP contribution in [-0.4, -0.2) is 35.5 Å². The summed E-state index contributed by atoms with van der Waals surface area (Å²) in [5, 5.41) is 11.5. The van der Waals surface area contributed by atoms with Gasteiger partial charge in [-0.25, -0.2) is 14.4 Å². The first-order chi connectivity index (χ1) is 22.9. The molecule has 9 nitrogen and oxygen atoms in total.